The first-order valence-electron chi connectivity index (χ1n) is 8.08. The topological polar surface area (TPSA) is 58.2 Å². The van der Waals surface area contributed by atoms with Gasteiger partial charge in [-0.1, -0.05) is 48.0 Å². The Morgan fingerprint density at radius 2 is 1.76 bits per heavy atom. The van der Waals surface area contributed by atoms with Crippen molar-refractivity contribution in [1.29, 1.82) is 0 Å². The smallest absolute Gasteiger partial charge is 0.262 e. The maximum absolute atomic E-state index is 13.0. The van der Waals surface area contributed by atoms with Gasteiger partial charge in [0.1, 0.15) is 0 Å². The molecule has 0 bridgehead atoms. The summed E-state index contributed by atoms with van der Waals surface area (Å²) in [6.45, 7) is 1.57. The first-order chi connectivity index (χ1) is 12.1. The molecule has 1 aliphatic rings. The van der Waals surface area contributed by atoms with Crippen LogP contribution in [0.15, 0.2) is 59.5 Å². The SMILES string of the molecule is O=S(=O)(Nc1cccc2c1CNCC2)c1ccc(Cl)c2ccccc12. The summed E-state index contributed by atoms with van der Waals surface area (Å²) in [5, 5.41) is 5.17. The number of hydrogen-bond acceptors (Lipinski definition) is 3. The molecule has 6 heteroatoms. The van der Waals surface area contributed by atoms with Crippen LogP contribution >= 0.6 is 11.6 Å². The molecule has 0 saturated heterocycles. The second kappa shape index (κ2) is 6.33. The summed E-state index contributed by atoms with van der Waals surface area (Å²) >= 11 is 6.21. The van der Waals surface area contributed by atoms with Gasteiger partial charge in [0.25, 0.3) is 10.0 Å². The molecule has 1 heterocycles. The summed E-state index contributed by atoms with van der Waals surface area (Å²) < 4.78 is 28.8. The fraction of sp³-hybridized carbons (Fsp3) is 0.158. The Balaban J connectivity index is 1.81. The Bertz CT molecular complexity index is 1060. The van der Waals surface area contributed by atoms with Gasteiger partial charge in [-0.3, -0.25) is 4.72 Å². The van der Waals surface area contributed by atoms with Crippen LogP contribution in [0, 0.1) is 0 Å². The van der Waals surface area contributed by atoms with E-state index in [1.54, 1.807) is 18.2 Å². The van der Waals surface area contributed by atoms with Crippen molar-refractivity contribution in [3.63, 3.8) is 0 Å². The van der Waals surface area contributed by atoms with Crippen molar-refractivity contribution in [2.75, 3.05) is 11.3 Å². The van der Waals surface area contributed by atoms with Crippen LogP contribution in [0.5, 0.6) is 0 Å². The van der Waals surface area contributed by atoms with Crippen molar-refractivity contribution in [3.8, 4) is 0 Å². The third-order valence-corrected chi connectivity index (χ3v) is 6.26. The number of sulfonamides is 1. The molecule has 0 fully saturated rings. The molecule has 0 saturated carbocycles. The largest absolute Gasteiger partial charge is 0.312 e. The van der Waals surface area contributed by atoms with Gasteiger partial charge >= 0.3 is 0 Å². The highest BCUT2D eigenvalue weighted by molar-refractivity contribution is 7.93. The fourth-order valence-electron chi connectivity index (χ4n) is 3.28. The van der Waals surface area contributed by atoms with E-state index in [-0.39, 0.29) is 4.90 Å². The molecular formula is C19H17ClN2O2S. The lowest BCUT2D eigenvalue weighted by atomic mass is 10.00. The number of halogens is 1. The molecule has 0 aliphatic carbocycles. The van der Waals surface area contributed by atoms with Crippen molar-refractivity contribution in [2.24, 2.45) is 0 Å². The number of nitrogens with one attached hydrogen (secondary N) is 2. The Kier molecular flexibility index (Phi) is 4.15. The minimum Gasteiger partial charge on any atom is -0.312 e. The van der Waals surface area contributed by atoms with Crippen molar-refractivity contribution >= 4 is 38.1 Å². The molecule has 0 spiro atoms. The van der Waals surface area contributed by atoms with Crippen LogP contribution in [0.2, 0.25) is 5.02 Å². The van der Waals surface area contributed by atoms with Crippen LogP contribution in [-0.4, -0.2) is 15.0 Å². The Morgan fingerprint density at radius 3 is 2.60 bits per heavy atom. The molecule has 4 rings (SSSR count). The minimum atomic E-state index is -3.73. The van der Waals surface area contributed by atoms with Gasteiger partial charge in [0, 0.05) is 22.3 Å². The van der Waals surface area contributed by atoms with E-state index in [0.717, 1.165) is 23.9 Å². The fourth-order valence-corrected chi connectivity index (χ4v) is 4.81. The standard InChI is InChI=1S/C19H17ClN2O2S/c20-17-8-9-19(15-6-2-1-5-14(15)17)25(23,24)22-18-7-3-4-13-10-11-21-12-16(13)18/h1-9,21-22H,10-12H2. The highest BCUT2D eigenvalue weighted by Gasteiger charge is 2.21. The van der Waals surface area contributed by atoms with Gasteiger partial charge in [-0.05, 0) is 42.3 Å². The average molecular weight is 373 g/mol. The van der Waals surface area contributed by atoms with E-state index in [4.69, 9.17) is 11.6 Å². The summed E-state index contributed by atoms with van der Waals surface area (Å²) in [6.07, 6.45) is 0.898. The van der Waals surface area contributed by atoms with Crippen molar-refractivity contribution < 1.29 is 8.42 Å². The summed E-state index contributed by atoms with van der Waals surface area (Å²) in [4.78, 5) is 0.230. The number of benzene rings is 3. The molecule has 128 valence electrons. The van der Waals surface area contributed by atoms with E-state index in [1.807, 2.05) is 36.4 Å². The van der Waals surface area contributed by atoms with Crippen molar-refractivity contribution in [1.82, 2.24) is 5.32 Å². The number of rotatable bonds is 3. The molecule has 0 atom stereocenters. The van der Waals surface area contributed by atoms with Crippen LogP contribution in [0.3, 0.4) is 0 Å². The molecule has 0 aromatic heterocycles. The summed E-state index contributed by atoms with van der Waals surface area (Å²) in [7, 11) is -3.73. The Labute approximate surface area is 151 Å². The van der Waals surface area contributed by atoms with Gasteiger partial charge in [-0.15, -0.1) is 0 Å². The Morgan fingerprint density at radius 1 is 0.960 bits per heavy atom. The third kappa shape index (κ3) is 2.99. The summed E-state index contributed by atoms with van der Waals surface area (Å²) in [6, 6.07) is 16.2. The molecule has 1 aliphatic heterocycles. The summed E-state index contributed by atoms with van der Waals surface area (Å²) in [5.41, 5.74) is 2.82. The molecule has 3 aromatic rings. The first kappa shape index (κ1) is 16.4. The molecule has 4 nitrogen and oxygen atoms in total. The second-order valence-corrected chi connectivity index (χ2v) is 8.12. The zero-order valence-corrected chi connectivity index (χ0v) is 15.0. The van der Waals surface area contributed by atoms with Crippen molar-refractivity contribution in [2.45, 2.75) is 17.9 Å². The van der Waals surface area contributed by atoms with E-state index in [2.05, 4.69) is 10.0 Å². The van der Waals surface area contributed by atoms with Gasteiger partial charge in [0.05, 0.1) is 10.6 Å². The highest BCUT2D eigenvalue weighted by atomic mass is 35.5. The molecule has 25 heavy (non-hydrogen) atoms. The predicted octanol–water partition coefficient (Wildman–Crippen LogP) is 3.94. The van der Waals surface area contributed by atoms with E-state index in [0.29, 0.717) is 22.6 Å². The van der Waals surface area contributed by atoms with Crippen LogP contribution in [0.4, 0.5) is 5.69 Å². The normalized spacial score (nSPS) is 14.3. The number of hydrogen-bond donors (Lipinski definition) is 2. The number of fused-ring (bicyclic) bond motifs is 2. The van der Waals surface area contributed by atoms with Gasteiger partial charge < -0.3 is 5.32 Å². The summed E-state index contributed by atoms with van der Waals surface area (Å²) in [5.74, 6) is 0. The quantitative estimate of drug-likeness (QED) is 0.732. The number of anilines is 1. The maximum Gasteiger partial charge on any atom is 0.262 e. The van der Waals surface area contributed by atoms with Crippen LogP contribution in [-0.2, 0) is 23.0 Å². The first-order valence-corrected chi connectivity index (χ1v) is 9.94. The molecular weight excluding hydrogens is 356 g/mol. The zero-order valence-electron chi connectivity index (χ0n) is 13.4. The van der Waals surface area contributed by atoms with Gasteiger partial charge in [-0.25, -0.2) is 8.42 Å². The molecule has 0 unspecified atom stereocenters. The van der Waals surface area contributed by atoms with E-state index < -0.39 is 10.0 Å². The highest BCUT2D eigenvalue weighted by Crippen LogP contribution is 2.31. The van der Waals surface area contributed by atoms with Crippen LogP contribution in [0.1, 0.15) is 11.1 Å². The monoisotopic (exact) mass is 372 g/mol. The van der Waals surface area contributed by atoms with Crippen LogP contribution in [0.25, 0.3) is 10.8 Å². The maximum atomic E-state index is 13.0. The third-order valence-electron chi connectivity index (χ3n) is 4.51. The molecule has 0 amide bonds. The van der Waals surface area contributed by atoms with Gasteiger partial charge in [0.15, 0.2) is 0 Å². The zero-order chi connectivity index (χ0) is 17.4. The lowest BCUT2D eigenvalue weighted by Gasteiger charge is -2.21. The van der Waals surface area contributed by atoms with Crippen molar-refractivity contribution in [3.05, 3.63) is 70.7 Å². The lowest BCUT2D eigenvalue weighted by molar-refractivity contribution is 0.601. The lowest BCUT2D eigenvalue weighted by Crippen LogP contribution is -2.25. The van der Waals surface area contributed by atoms with E-state index >= 15 is 0 Å². The van der Waals surface area contributed by atoms with E-state index in [9.17, 15) is 8.42 Å². The van der Waals surface area contributed by atoms with Gasteiger partial charge in [-0.2, -0.15) is 0 Å². The van der Waals surface area contributed by atoms with E-state index in [1.165, 1.54) is 5.56 Å². The van der Waals surface area contributed by atoms with Gasteiger partial charge in [0.2, 0.25) is 0 Å². The average Bonchev–Trinajstić information content (AvgIpc) is 2.62. The Hall–Kier alpha value is -2.08. The molecule has 2 N–H and O–H groups in total. The molecule has 0 radical (unpaired) electrons. The molecule has 3 aromatic carbocycles. The minimum absolute atomic E-state index is 0.230. The predicted molar refractivity (Wildman–Crippen MR) is 102 cm³/mol. The second-order valence-electron chi connectivity index (χ2n) is 6.07. The van der Waals surface area contributed by atoms with Crippen LogP contribution < -0.4 is 10.0 Å².